The van der Waals surface area contributed by atoms with Gasteiger partial charge in [-0.25, -0.2) is 0 Å². The van der Waals surface area contributed by atoms with Crippen LogP contribution in [0.15, 0.2) is 54.6 Å². The monoisotopic (exact) mass is 379 g/mol. The van der Waals surface area contributed by atoms with Crippen LogP contribution in [0, 0.1) is 10.8 Å². The van der Waals surface area contributed by atoms with Crippen LogP contribution in [0.2, 0.25) is 0 Å². The molecule has 1 amide bonds. The number of para-hydroxylation sites is 1. The fourth-order valence-corrected chi connectivity index (χ4v) is 5.21. The molecule has 2 bridgehead atoms. The normalized spacial score (nSPS) is 25.4. The molecule has 2 aromatic carbocycles. The van der Waals surface area contributed by atoms with Crippen molar-refractivity contribution < 1.29 is 14.3 Å². The van der Waals surface area contributed by atoms with E-state index in [9.17, 15) is 4.79 Å². The smallest absolute Gasteiger partial charge is 0.260 e. The summed E-state index contributed by atoms with van der Waals surface area (Å²) in [5.74, 6) is 2.31. The topological polar surface area (TPSA) is 38.8 Å². The highest BCUT2D eigenvalue weighted by atomic mass is 16.5. The van der Waals surface area contributed by atoms with Gasteiger partial charge in [-0.3, -0.25) is 4.79 Å². The number of nitrogens with zero attached hydrogens (tertiary/aromatic N) is 1. The number of hydrogen-bond acceptors (Lipinski definition) is 3. The maximum atomic E-state index is 12.8. The summed E-state index contributed by atoms with van der Waals surface area (Å²) < 4.78 is 11.6. The Morgan fingerprint density at radius 1 is 0.964 bits per heavy atom. The second-order valence-corrected chi connectivity index (χ2v) is 9.41. The molecule has 4 nitrogen and oxygen atoms in total. The zero-order valence-electron chi connectivity index (χ0n) is 17.0. The lowest BCUT2D eigenvalue weighted by Gasteiger charge is -2.39. The number of carbonyl (C=O) groups is 1. The van der Waals surface area contributed by atoms with E-state index in [-0.39, 0.29) is 17.9 Å². The van der Waals surface area contributed by atoms with Crippen molar-refractivity contribution in [2.24, 2.45) is 10.8 Å². The molecule has 148 valence electrons. The Hall–Kier alpha value is -2.49. The first-order chi connectivity index (χ1) is 13.3. The third-order valence-electron chi connectivity index (χ3n) is 5.90. The zero-order chi connectivity index (χ0) is 19.8. The van der Waals surface area contributed by atoms with Crippen molar-refractivity contribution in [3.63, 3.8) is 0 Å². The fourth-order valence-electron chi connectivity index (χ4n) is 5.21. The molecule has 2 atom stereocenters. The van der Waals surface area contributed by atoms with Crippen molar-refractivity contribution in [2.75, 3.05) is 13.2 Å². The molecule has 1 saturated heterocycles. The number of fused-ring (bicyclic) bond motifs is 2. The molecule has 0 N–H and O–H groups in total. The third kappa shape index (κ3) is 4.16. The first-order valence-corrected chi connectivity index (χ1v) is 10.1. The van der Waals surface area contributed by atoms with Gasteiger partial charge in [0.05, 0.1) is 0 Å². The second-order valence-electron chi connectivity index (χ2n) is 9.41. The quantitative estimate of drug-likeness (QED) is 0.709. The van der Waals surface area contributed by atoms with Crippen LogP contribution in [-0.2, 0) is 4.79 Å². The highest BCUT2D eigenvalue weighted by molar-refractivity contribution is 5.78. The Morgan fingerprint density at radius 3 is 2.32 bits per heavy atom. The first kappa shape index (κ1) is 18.9. The van der Waals surface area contributed by atoms with Crippen molar-refractivity contribution >= 4 is 5.91 Å². The molecule has 0 spiro atoms. The first-order valence-electron chi connectivity index (χ1n) is 10.1. The molecule has 1 aliphatic heterocycles. The van der Waals surface area contributed by atoms with Crippen molar-refractivity contribution in [2.45, 2.75) is 46.1 Å². The predicted octanol–water partition coefficient (Wildman–Crippen LogP) is 5.28. The van der Waals surface area contributed by atoms with Gasteiger partial charge in [-0.2, -0.15) is 0 Å². The van der Waals surface area contributed by atoms with E-state index in [1.807, 2.05) is 54.6 Å². The molecule has 0 aromatic heterocycles. The maximum Gasteiger partial charge on any atom is 0.260 e. The molecule has 2 fully saturated rings. The van der Waals surface area contributed by atoms with E-state index in [0.29, 0.717) is 17.2 Å². The van der Waals surface area contributed by atoms with E-state index in [4.69, 9.17) is 9.47 Å². The Kier molecular flexibility index (Phi) is 4.82. The average Bonchev–Trinajstić information content (AvgIpc) is 2.90. The van der Waals surface area contributed by atoms with Gasteiger partial charge < -0.3 is 14.4 Å². The van der Waals surface area contributed by atoms with Crippen molar-refractivity contribution in [3.05, 3.63) is 54.6 Å². The minimum absolute atomic E-state index is 0.0892. The highest BCUT2D eigenvalue weighted by Gasteiger charge is 2.50. The van der Waals surface area contributed by atoms with Gasteiger partial charge in [-0.1, -0.05) is 39.0 Å². The molecule has 4 rings (SSSR count). The van der Waals surface area contributed by atoms with Gasteiger partial charge in [0.1, 0.15) is 17.2 Å². The highest BCUT2D eigenvalue weighted by Crippen LogP contribution is 2.52. The molecule has 1 aliphatic carbocycles. The summed E-state index contributed by atoms with van der Waals surface area (Å²) in [6, 6.07) is 17.4. The molecule has 4 heteroatoms. The minimum Gasteiger partial charge on any atom is -0.484 e. The van der Waals surface area contributed by atoms with Crippen LogP contribution in [0.4, 0.5) is 0 Å². The summed E-state index contributed by atoms with van der Waals surface area (Å²) in [5.41, 5.74) is 0.556. The standard InChI is InChI=1S/C24H29NO3/c1-23(2)13-18-14-24(3,16-23)17-25(18)22(26)15-27-19-9-11-21(12-10-19)28-20-7-5-4-6-8-20/h4-12,18H,13-17H2,1-3H3/t18-,24-/m1/s1. The van der Waals surface area contributed by atoms with E-state index >= 15 is 0 Å². The van der Waals surface area contributed by atoms with Crippen molar-refractivity contribution in [1.29, 1.82) is 0 Å². The summed E-state index contributed by atoms with van der Waals surface area (Å²) in [6.45, 7) is 7.90. The molecule has 0 radical (unpaired) electrons. The Bertz CT molecular complexity index is 831. The second kappa shape index (κ2) is 7.16. The maximum absolute atomic E-state index is 12.8. The lowest BCUT2D eigenvalue weighted by atomic mass is 9.65. The lowest BCUT2D eigenvalue weighted by Crippen LogP contribution is -2.40. The van der Waals surface area contributed by atoms with Crippen LogP contribution in [0.3, 0.4) is 0 Å². The Labute approximate surface area is 167 Å². The Balaban J connectivity index is 1.33. The van der Waals surface area contributed by atoms with E-state index in [0.717, 1.165) is 30.9 Å². The average molecular weight is 380 g/mol. The van der Waals surface area contributed by atoms with E-state index in [2.05, 4.69) is 25.7 Å². The fraction of sp³-hybridized carbons (Fsp3) is 0.458. The number of carbonyl (C=O) groups excluding carboxylic acids is 1. The molecule has 1 heterocycles. The van der Waals surface area contributed by atoms with Crippen LogP contribution in [-0.4, -0.2) is 30.0 Å². The van der Waals surface area contributed by atoms with E-state index in [1.165, 1.54) is 6.42 Å². The van der Waals surface area contributed by atoms with E-state index < -0.39 is 0 Å². The summed E-state index contributed by atoms with van der Waals surface area (Å²) in [5, 5.41) is 0. The zero-order valence-corrected chi connectivity index (χ0v) is 17.0. The number of amides is 1. The van der Waals surface area contributed by atoms with Crippen molar-refractivity contribution in [3.8, 4) is 17.2 Å². The molecular weight excluding hydrogens is 350 g/mol. The van der Waals surface area contributed by atoms with Gasteiger partial charge in [0, 0.05) is 12.6 Å². The third-order valence-corrected chi connectivity index (χ3v) is 5.90. The molecule has 2 aromatic rings. The Morgan fingerprint density at radius 2 is 1.61 bits per heavy atom. The molecule has 2 aliphatic rings. The van der Waals surface area contributed by atoms with Crippen LogP contribution in [0.5, 0.6) is 17.2 Å². The number of likely N-dealkylation sites (tertiary alicyclic amines) is 1. The number of hydrogen-bond donors (Lipinski definition) is 0. The summed E-state index contributed by atoms with van der Waals surface area (Å²) in [7, 11) is 0. The summed E-state index contributed by atoms with van der Waals surface area (Å²) in [4.78, 5) is 14.9. The van der Waals surface area contributed by atoms with E-state index in [1.54, 1.807) is 0 Å². The van der Waals surface area contributed by atoms with Crippen LogP contribution < -0.4 is 9.47 Å². The SMILES string of the molecule is CC1(C)C[C@@H]2C[C@@](C)(CN2C(=O)COc2ccc(Oc3ccccc3)cc2)C1. The molecule has 28 heavy (non-hydrogen) atoms. The van der Waals surface area contributed by atoms with Crippen LogP contribution in [0.1, 0.15) is 40.0 Å². The minimum atomic E-state index is 0.0892. The predicted molar refractivity (Wildman–Crippen MR) is 110 cm³/mol. The number of ether oxygens (including phenoxy) is 2. The van der Waals surface area contributed by atoms with Gasteiger partial charge in [0.2, 0.25) is 0 Å². The van der Waals surface area contributed by atoms with Gasteiger partial charge >= 0.3 is 0 Å². The summed E-state index contributed by atoms with van der Waals surface area (Å²) >= 11 is 0. The van der Waals surface area contributed by atoms with Gasteiger partial charge in [-0.05, 0) is 66.5 Å². The number of benzene rings is 2. The number of rotatable bonds is 5. The van der Waals surface area contributed by atoms with Crippen LogP contribution in [0.25, 0.3) is 0 Å². The van der Waals surface area contributed by atoms with Crippen molar-refractivity contribution in [1.82, 2.24) is 4.90 Å². The largest absolute Gasteiger partial charge is 0.484 e. The molecular formula is C24H29NO3. The molecule has 1 saturated carbocycles. The molecule has 0 unspecified atom stereocenters. The van der Waals surface area contributed by atoms with Gasteiger partial charge in [-0.15, -0.1) is 0 Å². The van der Waals surface area contributed by atoms with Gasteiger partial charge in [0.15, 0.2) is 6.61 Å². The summed E-state index contributed by atoms with van der Waals surface area (Å²) in [6.07, 6.45) is 3.39. The lowest BCUT2D eigenvalue weighted by molar-refractivity contribution is -0.134. The van der Waals surface area contributed by atoms with Gasteiger partial charge in [0.25, 0.3) is 5.91 Å². The van der Waals surface area contributed by atoms with Crippen LogP contribution >= 0.6 is 0 Å².